The first-order valence-corrected chi connectivity index (χ1v) is 9.64. The number of fused-ring (bicyclic) bond motifs is 1. The van der Waals surface area contributed by atoms with Crippen LogP contribution in [0.4, 0.5) is 17.1 Å². The highest BCUT2D eigenvalue weighted by Crippen LogP contribution is 2.38. The number of hydrogen-bond donors (Lipinski definition) is 0. The van der Waals surface area contributed by atoms with E-state index in [-0.39, 0.29) is 23.7 Å². The van der Waals surface area contributed by atoms with Crippen molar-refractivity contribution in [3.8, 4) is 0 Å². The van der Waals surface area contributed by atoms with Gasteiger partial charge in [0.05, 0.1) is 22.9 Å². The van der Waals surface area contributed by atoms with Gasteiger partial charge in [-0.05, 0) is 43.3 Å². The molecular formula is C20H15ClN4O6. The van der Waals surface area contributed by atoms with Gasteiger partial charge in [-0.25, -0.2) is 9.69 Å². The van der Waals surface area contributed by atoms with Crippen LogP contribution < -0.4 is 9.91 Å². The molecule has 0 bridgehead atoms. The number of nitrogens with zero attached hydrogens (tertiary/aromatic N) is 4. The molecule has 0 aliphatic carbocycles. The first-order valence-electron chi connectivity index (χ1n) is 9.26. The molecule has 4 rings (SSSR count). The second-order valence-corrected chi connectivity index (χ2v) is 7.17. The number of imide groups is 1. The Bertz CT molecular complexity index is 1120. The van der Waals surface area contributed by atoms with E-state index in [2.05, 4.69) is 5.10 Å². The number of carbonyl (C=O) groups excluding carboxylic acids is 3. The average molecular weight is 443 g/mol. The van der Waals surface area contributed by atoms with Crippen LogP contribution in [0.25, 0.3) is 0 Å². The molecule has 1 saturated heterocycles. The van der Waals surface area contributed by atoms with Crippen LogP contribution in [0.15, 0.2) is 53.6 Å². The number of anilines is 2. The van der Waals surface area contributed by atoms with Crippen LogP contribution >= 0.6 is 11.6 Å². The third-order valence-electron chi connectivity index (χ3n) is 4.94. The highest BCUT2D eigenvalue weighted by Gasteiger charge is 2.59. The van der Waals surface area contributed by atoms with E-state index in [1.54, 1.807) is 31.2 Å². The van der Waals surface area contributed by atoms with E-state index in [9.17, 15) is 24.5 Å². The van der Waals surface area contributed by atoms with Crippen LogP contribution in [0.3, 0.4) is 0 Å². The van der Waals surface area contributed by atoms with Crippen molar-refractivity contribution in [1.82, 2.24) is 0 Å². The van der Waals surface area contributed by atoms with E-state index in [1.165, 1.54) is 29.3 Å². The normalized spacial score (nSPS) is 20.0. The van der Waals surface area contributed by atoms with Crippen molar-refractivity contribution in [2.75, 3.05) is 16.5 Å². The average Bonchev–Trinajstić information content (AvgIpc) is 3.26. The Morgan fingerprint density at radius 3 is 2.29 bits per heavy atom. The first-order chi connectivity index (χ1) is 14.8. The molecule has 31 heavy (non-hydrogen) atoms. The summed E-state index contributed by atoms with van der Waals surface area (Å²) in [5, 5.41) is 16.9. The van der Waals surface area contributed by atoms with Gasteiger partial charge in [0.2, 0.25) is 5.91 Å². The lowest BCUT2D eigenvalue weighted by Crippen LogP contribution is -2.39. The summed E-state index contributed by atoms with van der Waals surface area (Å²) in [7, 11) is 0. The topological polar surface area (TPSA) is 122 Å². The Morgan fingerprint density at radius 2 is 1.71 bits per heavy atom. The van der Waals surface area contributed by atoms with Gasteiger partial charge in [-0.15, -0.1) is 0 Å². The minimum Gasteiger partial charge on any atom is -0.461 e. The van der Waals surface area contributed by atoms with Gasteiger partial charge >= 0.3 is 5.97 Å². The molecule has 2 aromatic rings. The molecule has 2 heterocycles. The standard InChI is InChI=1S/C20H15ClN4O6/c1-2-31-20(28)16-15-17(24(22-16)13-5-3-11(21)4-6-13)19(27)23(18(15)26)12-7-9-14(10-8-12)25(29)30/h3-10,15,17H,2H2,1H3/t15-,17+/m1/s1. The number of esters is 1. The molecule has 158 valence electrons. The number of carbonyl (C=O) groups is 3. The van der Waals surface area contributed by atoms with E-state index in [0.29, 0.717) is 10.7 Å². The van der Waals surface area contributed by atoms with Gasteiger partial charge in [0.25, 0.3) is 11.6 Å². The summed E-state index contributed by atoms with van der Waals surface area (Å²) in [6, 6.07) is 10.3. The molecule has 0 N–H and O–H groups in total. The van der Waals surface area contributed by atoms with Crippen LogP contribution in [0.1, 0.15) is 6.92 Å². The molecule has 2 atom stereocenters. The van der Waals surface area contributed by atoms with Gasteiger partial charge in [-0.1, -0.05) is 11.6 Å². The number of hydrazone groups is 1. The third kappa shape index (κ3) is 3.40. The molecule has 0 spiro atoms. The van der Waals surface area contributed by atoms with Crippen LogP contribution in [-0.4, -0.2) is 41.1 Å². The highest BCUT2D eigenvalue weighted by atomic mass is 35.5. The van der Waals surface area contributed by atoms with E-state index in [1.807, 2.05) is 0 Å². The number of halogens is 1. The molecule has 2 aliphatic heterocycles. The van der Waals surface area contributed by atoms with Crippen LogP contribution in [0.2, 0.25) is 5.02 Å². The van der Waals surface area contributed by atoms with E-state index < -0.39 is 34.7 Å². The maximum Gasteiger partial charge on any atom is 0.355 e. The predicted octanol–water partition coefficient (Wildman–Crippen LogP) is 2.55. The number of non-ortho nitro benzene ring substituents is 1. The number of hydrogen-bond acceptors (Lipinski definition) is 8. The highest BCUT2D eigenvalue weighted by molar-refractivity contribution is 6.47. The third-order valence-corrected chi connectivity index (χ3v) is 5.20. The van der Waals surface area contributed by atoms with E-state index >= 15 is 0 Å². The largest absolute Gasteiger partial charge is 0.461 e. The molecule has 2 amide bonds. The monoisotopic (exact) mass is 442 g/mol. The number of ether oxygens (including phenoxy) is 1. The fourth-order valence-electron chi connectivity index (χ4n) is 3.57. The molecule has 0 saturated carbocycles. The van der Waals surface area contributed by atoms with Gasteiger partial charge in [-0.3, -0.25) is 24.7 Å². The summed E-state index contributed by atoms with van der Waals surface area (Å²) in [4.78, 5) is 50.2. The van der Waals surface area contributed by atoms with Gasteiger partial charge in [0.15, 0.2) is 5.71 Å². The minimum absolute atomic E-state index is 0.0738. The van der Waals surface area contributed by atoms with Gasteiger partial charge in [-0.2, -0.15) is 5.10 Å². The Kier molecular flexibility index (Phi) is 5.15. The minimum atomic E-state index is -1.17. The SMILES string of the molecule is CCOC(=O)C1=NN(c2ccc(Cl)cc2)[C@@H]2C(=O)N(c3ccc([N+](=O)[O-])cc3)C(=O)[C@H]12. The summed E-state index contributed by atoms with van der Waals surface area (Å²) in [5.74, 6) is -3.23. The van der Waals surface area contributed by atoms with Crippen molar-refractivity contribution in [1.29, 1.82) is 0 Å². The zero-order valence-corrected chi connectivity index (χ0v) is 16.9. The zero-order chi connectivity index (χ0) is 22.3. The second-order valence-electron chi connectivity index (χ2n) is 6.73. The summed E-state index contributed by atoms with van der Waals surface area (Å²) in [5.41, 5.74) is 0.267. The van der Waals surface area contributed by atoms with Crippen LogP contribution in [0, 0.1) is 16.0 Å². The molecular weight excluding hydrogens is 428 g/mol. The van der Waals surface area contributed by atoms with Crippen molar-refractivity contribution in [3.63, 3.8) is 0 Å². The molecule has 1 fully saturated rings. The van der Waals surface area contributed by atoms with Gasteiger partial charge in [0.1, 0.15) is 12.0 Å². The van der Waals surface area contributed by atoms with Crippen molar-refractivity contribution >= 4 is 52.2 Å². The Balaban J connectivity index is 1.76. The van der Waals surface area contributed by atoms with E-state index in [4.69, 9.17) is 16.3 Å². The van der Waals surface area contributed by atoms with Crippen molar-refractivity contribution in [2.24, 2.45) is 11.0 Å². The van der Waals surface area contributed by atoms with Crippen molar-refractivity contribution in [3.05, 3.63) is 63.7 Å². The quantitative estimate of drug-likeness (QED) is 0.302. The van der Waals surface area contributed by atoms with E-state index in [0.717, 1.165) is 4.90 Å². The predicted molar refractivity (Wildman–Crippen MR) is 111 cm³/mol. The van der Waals surface area contributed by atoms with Gasteiger partial charge in [0, 0.05) is 17.2 Å². The summed E-state index contributed by atoms with van der Waals surface area (Å²) in [6.45, 7) is 1.69. The van der Waals surface area contributed by atoms with Crippen LogP contribution in [0.5, 0.6) is 0 Å². The van der Waals surface area contributed by atoms with Crippen molar-refractivity contribution in [2.45, 2.75) is 13.0 Å². The lowest BCUT2D eigenvalue weighted by atomic mass is 9.98. The smallest absolute Gasteiger partial charge is 0.355 e. The maximum atomic E-state index is 13.3. The molecule has 10 nitrogen and oxygen atoms in total. The lowest BCUT2D eigenvalue weighted by Gasteiger charge is -2.22. The Morgan fingerprint density at radius 1 is 1.10 bits per heavy atom. The fraction of sp³-hybridized carbons (Fsp3) is 0.200. The molecule has 11 heteroatoms. The Hall–Kier alpha value is -3.79. The molecule has 0 unspecified atom stereocenters. The number of rotatable bonds is 5. The number of amides is 2. The fourth-order valence-corrected chi connectivity index (χ4v) is 3.70. The molecule has 0 radical (unpaired) electrons. The molecule has 2 aliphatic rings. The lowest BCUT2D eigenvalue weighted by molar-refractivity contribution is -0.384. The van der Waals surface area contributed by atoms with Gasteiger partial charge < -0.3 is 4.74 Å². The number of nitro groups is 1. The molecule has 0 aromatic heterocycles. The number of benzene rings is 2. The van der Waals surface area contributed by atoms with Crippen molar-refractivity contribution < 1.29 is 24.0 Å². The first kappa shape index (κ1) is 20.5. The van der Waals surface area contributed by atoms with Crippen LogP contribution in [-0.2, 0) is 19.1 Å². The summed E-state index contributed by atoms with van der Waals surface area (Å²) < 4.78 is 5.03. The summed E-state index contributed by atoms with van der Waals surface area (Å²) >= 11 is 5.93. The maximum absolute atomic E-state index is 13.3. The second kappa shape index (κ2) is 7.80. The summed E-state index contributed by atoms with van der Waals surface area (Å²) in [6.07, 6.45) is 0. The zero-order valence-electron chi connectivity index (χ0n) is 16.1. The number of nitro benzene ring substituents is 1. The molecule has 2 aromatic carbocycles. The Labute approximate surface area is 180 Å².